The smallest absolute Gasteiger partial charge is 0.694 e. The van der Waals surface area contributed by atoms with Crippen LogP contribution in [0.5, 0.6) is 0 Å². The topological polar surface area (TPSA) is 0 Å². The molecule has 0 unspecified atom stereocenters. The van der Waals surface area contributed by atoms with Crippen molar-refractivity contribution in [3.8, 4) is 5.92 Å². The van der Waals surface area contributed by atoms with Crippen molar-refractivity contribution in [3.63, 3.8) is 0 Å². The Hall–Kier alpha value is -0.103. The number of hydrogen-bond donors (Lipinski definition) is 0. The molecule has 0 saturated heterocycles. The minimum Gasteiger partial charge on any atom is -0.694 e. The zero-order chi connectivity index (χ0) is 6.24. The third-order valence-corrected chi connectivity index (χ3v) is 0.838. The van der Waals surface area contributed by atoms with Gasteiger partial charge in [-0.1, -0.05) is 19.1 Å². The molecule has 1 heteroatoms. The quantitative estimate of drug-likeness (QED) is 0.150. The maximum absolute atomic E-state index is 6.55. The summed E-state index contributed by atoms with van der Waals surface area (Å²) in [7, 11) is 0. The van der Waals surface area contributed by atoms with Crippen molar-refractivity contribution in [1.29, 1.82) is 0 Å². The second kappa shape index (κ2) is 10.8. The second-order valence-electron chi connectivity index (χ2n) is 1.60. The average Bonchev–Trinajstić information content (AvgIpc) is 1.81. The molecule has 0 bridgehead atoms. The summed E-state index contributed by atoms with van der Waals surface area (Å²) in [5, 5.41) is 0. The van der Waals surface area contributed by atoms with Crippen LogP contribution in [0.3, 0.4) is 0 Å². The first-order chi connectivity index (χ1) is 3.91. The molecule has 0 aromatic heterocycles. The van der Waals surface area contributed by atoms with E-state index in [2.05, 4.69) is 25.0 Å². The van der Waals surface area contributed by atoms with Crippen molar-refractivity contribution in [3.05, 3.63) is 18.6 Å². The fourth-order valence-corrected chi connectivity index (χ4v) is 0.440. The van der Waals surface area contributed by atoms with E-state index < -0.39 is 0 Å². The predicted molar refractivity (Wildman–Crippen MR) is 35.8 cm³/mol. The Labute approximate surface area is 69.9 Å². The van der Waals surface area contributed by atoms with Crippen LogP contribution in [-0.4, -0.2) is 0 Å². The summed E-state index contributed by atoms with van der Waals surface area (Å²) in [6.45, 7) is 2.10. The minimum absolute atomic E-state index is 0. The van der Waals surface area contributed by atoms with Gasteiger partial charge in [-0.15, -0.1) is 0 Å². The molecule has 0 aromatic carbocycles. The first-order valence-corrected chi connectivity index (χ1v) is 2.96. The zero-order valence-corrected chi connectivity index (χ0v) is 6.28. The Kier molecular flexibility index (Phi) is 14.0. The molecular formula is C8H11Li. The third-order valence-electron chi connectivity index (χ3n) is 0.838. The largest absolute Gasteiger partial charge is 1.00 e. The van der Waals surface area contributed by atoms with Gasteiger partial charge in [0.1, 0.15) is 0 Å². The molecule has 0 aliphatic rings. The SMILES string of the molecule is [C-]#CCCC=CCC.[Li+]. The fourth-order valence-electron chi connectivity index (χ4n) is 0.440. The van der Waals surface area contributed by atoms with Gasteiger partial charge in [0, 0.05) is 0 Å². The molecule has 0 N–H and O–H groups in total. The summed E-state index contributed by atoms with van der Waals surface area (Å²) in [5.74, 6) is 2.33. The molecule has 0 rings (SSSR count). The first-order valence-electron chi connectivity index (χ1n) is 2.96. The van der Waals surface area contributed by atoms with Crippen molar-refractivity contribution in [1.82, 2.24) is 0 Å². The van der Waals surface area contributed by atoms with Crippen molar-refractivity contribution in [2.24, 2.45) is 0 Å². The summed E-state index contributed by atoms with van der Waals surface area (Å²) in [6, 6.07) is 0. The first kappa shape index (κ1) is 11.7. The molecule has 0 saturated carbocycles. The summed E-state index contributed by atoms with van der Waals surface area (Å²) in [5.41, 5.74) is 0. The fraction of sp³-hybridized carbons (Fsp3) is 0.500. The average molecular weight is 114 g/mol. The van der Waals surface area contributed by atoms with E-state index in [9.17, 15) is 0 Å². The van der Waals surface area contributed by atoms with Crippen LogP contribution in [-0.2, 0) is 0 Å². The standard InChI is InChI=1S/C8H11.Li/c1-3-5-7-8-6-4-2;/h5,7H,3,6,8H2,1H3;/q-1;+1. The third kappa shape index (κ3) is 11.5. The Bertz CT molecular complexity index is 97.6. The Morgan fingerprint density at radius 2 is 2.11 bits per heavy atom. The second-order valence-corrected chi connectivity index (χ2v) is 1.60. The van der Waals surface area contributed by atoms with Crippen molar-refractivity contribution >= 4 is 0 Å². The molecule has 0 spiro atoms. The van der Waals surface area contributed by atoms with Crippen LogP contribution in [0.4, 0.5) is 0 Å². The van der Waals surface area contributed by atoms with Gasteiger partial charge < -0.3 is 12.3 Å². The van der Waals surface area contributed by atoms with Gasteiger partial charge >= 0.3 is 18.9 Å². The van der Waals surface area contributed by atoms with E-state index in [1.165, 1.54) is 0 Å². The molecule has 0 heterocycles. The van der Waals surface area contributed by atoms with Crippen LogP contribution >= 0.6 is 0 Å². The molecular weight excluding hydrogens is 103 g/mol. The van der Waals surface area contributed by atoms with Gasteiger partial charge in [-0.05, 0) is 19.3 Å². The van der Waals surface area contributed by atoms with Crippen molar-refractivity contribution < 1.29 is 18.9 Å². The van der Waals surface area contributed by atoms with E-state index in [1.54, 1.807) is 0 Å². The number of unbranched alkanes of at least 4 members (excludes halogenated alkanes) is 1. The predicted octanol–water partition coefficient (Wildman–Crippen LogP) is -0.673. The zero-order valence-electron chi connectivity index (χ0n) is 6.28. The molecule has 0 atom stereocenters. The van der Waals surface area contributed by atoms with Crippen LogP contribution in [0.15, 0.2) is 12.2 Å². The molecule has 0 nitrogen and oxygen atoms in total. The van der Waals surface area contributed by atoms with E-state index in [-0.39, 0.29) is 18.9 Å². The van der Waals surface area contributed by atoms with Crippen LogP contribution in [0, 0.1) is 12.3 Å². The van der Waals surface area contributed by atoms with Crippen LogP contribution in [0.25, 0.3) is 0 Å². The molecule has 0 aliphatic carbocycles. The van der Waals surface area contributed by atoms with E-state index in [0.29, 0.717) is 0 Å². The van der Waals surface area contributed by atoms with E-state index in [4.69, 9.17) is 6.42 Å². The van der Waals surface area contributed by atoms with Gasteiger partial charge in [0.2, 0.25) is 0 Å². The van der Waals surface area contributed by atoms with Gasteiger partial charge in [0.25, 0.3) is 0 Å². The van der Waals surface area contributed by atoms with Crippen LogP contribution in [0.2, 0.25) is 0 Å². The van der Waals surface area contributed by atoms with E-state index in [1.807, 2.05) is 0 Å². The van der Waals surface area contributed by atoms with E-state index in [0.717, 1.165) is 19.3 Å². The maximum Gasteiger partial charge on any atom is 1.00 e. The van der Waals surface area contributed by atoms with Gasteiger partial charge in [0.05, 0.1) is 0 Å². The molecule has 0 radical (unpaired) electrons. The Balaban J connectivity index is 0. The van der Waals surface area contributed by atoms with Gasteiger partial charge in [0.15, 0.2) is 0 Å². The summed E-state index contributed by atoms with van der Waals surface area (Å²) < 4.78 is 0. The maximum atomic E-state index is 6.55. The molecule has 44 valence electrons. The Morgan fingerprint density at radius 3 is 2.56 bits per heavy atom. The summed E-state index contributed by atoms with van der Waals surface area (Å²) in [6.07, 6.45) is 13.6. The molecule has 0 amide bonds. The van der Waals surface area contributed by atoms with Crippen molar-refractivity contribution in [2.75, 3.05) is 0 Å². The van der Waals surface area contributed by atoms with Gasteiger partial charge in [-0.3, -0.25) is 0 Å². The Morgan fingerprint density at radius 1 is 1.44 bits per heavy atom. The normalized spacial score (nSPS) is 8.44. The van der Waals surface area contributed by atoms with Crippen LogP contribution < -0.4 is 18.9 Å². The monoisotopic (exact) mass is 114 g/mol. The molecule has 0 aromatic rings. The van der Waals surface area contributed by atoms with Gasteiger partial charge in [-0.25, -0.2) is 0 Å². The molecule has 0 aliphatic heterocycles. The van der Waals surface area contributed by atoms with Crippen LogP contribution in [0.1, 0.15) is 26.2 Å². The number of rotatable bonds is 3. The van der Waals surface area contributed by atoms with Crippen molar-refractivity contribution in [2.45, 2.75) is 26.2 Å². The molecule has 0 fully saturated rings. The summed E-state index contributed by atoms with van der Waals surface area (Å²) >= 11 is 0. The summed E-state index contributed by atoms with van der Waals surface area (Å²) in [4.78, 5) is 0. The van der Waals surface area contributed by atoms with E-state index >= 15 is 0 Å². The molecule has 9 heavy (non-hydrogen) atoms. The number of allylic oxidation sites excluding steroid dienone is 2. The van der Waals surface area contributed by atoms with Gasteiger partial charge in [-0.2, -0.15) is 0 Å². The number of hydrogen-bond acceptors (Lipinski definition) is 0. The minimum atomic E-state index is 0.